The van der Waals surface area contributed by atoms with Gasteiger partial charge in [-0.15, -0.1) is 0 Å². The molecule has 0 saturated carbocycles. The van der Waals surface area contributed by atoms with Crippen molar-refractivity contribution in [2.24, 2.45) is 0 Å². The minimum absolute atomic E-state index is 0.148. The van der Waals surface area contributed by atoms with Crippen LogP contribution in [0.15, 0.2) is 24.5 Å². The zero-order chi connectivity index (χ0) is 15.2. The van der Waals surface area contributed by atoms with Crippen molar-refractivity contribution in [2.45, 2.75) is 6.54 Å². The van der Waals surface area contributed by atoms with E-state index in [0.29, 0.717) is 18.4 Å². The molecular formula is C12H14N6O3. The molecule has 0 aliphatic carbocycles. The molecule has 2 heterocycles. The average Bonchev–Trinajstić information content (AvgIpc) is 2.52. The predicted molar refractivity (Wildman–Crippen MR) is 76.3 cm³/mol. The van der Waals surface area contributed by atoms with Crippen LogP contribution in [0.5, 0.6) is 5.88 Å². The van der Waals surface area contributed by atoms with Crippen LogP contribution in [0.2, 0.25) is 0 Å². The fraction of sp³-hybridized carbons (Fsp3) is 0.250. The van der Waals surface area contributed by atoms with E-state index in [9.17, 15) is 10.1 Å². The van der Waals surface area contributed by atoms with E-state index >= 15 is 0 Å². The van der Waals surface area contributed by atoms with Crippen molar-refractivity contribution in [1.29, 1.82) is 0 Å². The highest BCUT2D eigenvalue weighted by Crippen LogP contribution is 2.22. The SMILES string of the molecule is CNc1ncc([N+](=O)[O-])c(NCc2ccc(OC)nc2)n1. The second-order valence-electron chi connectivity index (χ2n) is 4.00. The molecule has 2 rings (SSSR count). The molecule has 2 N–H and O–H groups in total. The first-order chi connectivity index (χ1) is 10.1. The minimum atomic E-state index is -0.534. The summed E-state index contributed by atoms with van der Waals surface area (Å²) in [5.41, 5.74) is 0.658. The largest absolute Gasteiger partial charge is 0.481 e. The predicted octanol–water partition coefficient (Wildman–Crippen LogP) is 1.44. The number of ether oxygens (including phenoxy) is 1. The Hall–Kier alpha value is -2.97. The molecule has 2 aromatic rings. The van der Waals surface area contributed by atoms with E-state index in [0.717, 1.165) is 11.8 Å². The monoisotopic (exact) mass is 290 g/mol. The van der Waals surface area contributed by atoms with Gasteiger partial charge in [-0.05, 0) is 5.56 Å². The smallest absolute Gasteiger partial charge is 0.329 e. The molecule has 0 atom stereocenters. The Labute approximate surface area is 120 Å². The number of nitrogens with zero attached hydrogens (tertiary/aromatic N) is 4. The number of aromatic nitrogens is 3. The van der Waals surface area contributed by atoms with Gasteiger partial charge in [-0.3, -0.25) is 10.1 Å². The van der Waals surface area contributed by atoms with Gasteiger partial charge in [0.15, 0.2) is 0 Å². The van der Waals surface area contributed by atoms with Crippen LogP contribution in [0.25, 0.3) is 0 Å². The van der Waals surface area contributed by atoms with Crippen molar-refractivity contribution in [3.05, 3.63) is 40.2 Å². The standard InChI is InChI=1S/C12H14N6O3/c1-13-12-16-7-9(18(19)20)11(17-12)15-6-8-3-4-10(21-2)14-5-8/h3-5,7H,6H2,1-2H3,(H2,13,15,16,17). The van der Waals surface area contributed by atoms with Crippen molar-refractivity contribution < 1.29 is 9.66 Å². The number of nitro groups is 1. The lowest BCUT2D eigenvalue weighted by Crippen LogP contribution is -2.07. The Morgan fingerprint density at radius 1 is 1.33 bits per heavy atom. The Bertz CT molecular complexity index is 631. The molecule has 9 heteroatoms. The topological polar surface area (TPSA) is 115 Å². The minimum Gasteiger partial charge on any atom is -0.481 e. The molecule has 0 unspecified atom stereocenters. The van der Waals surface area contributed by atoms with E-state index in [-0.39, 0.29) is 11.5 Å². The van der Waals surface area contributed by atoms with E-state index in [1.807, 2.05) is 6.07 Å². The van der Waals surface area contributed by atoms with Crippen LogP contribution in [-0.2, 0) is 6.54 Å². The molecule has 0 saturated heterocycles. The molecule has 0 radical (unpaired) electrons. The molecule has 0 amide bonds. The highest BCUT2D eigenvalue weighted by atomic mass is 16.6. The van der Waals surface area contributed by atoms with Gasteiger partial charge in [0.25, 0.3) is 0 Å². The summed E-state index contributed by atoms with van der Waals surface area (Å²) >= 11 is 0. The lowest BCUT2D eigenvalue weighted by molar-refractivity contribution is -0.384. The highest BCUT2D eigenvalue weighted by Gasteiger charge is 2.16. The van der Waals surface area contributed by atoms with Gasteiger partial charge >= 0.3 is 5.69 Å². The molecule has 0 aromatic carbocycles. The highest BCUT2D eigenvalue weighted by molar-refractivity contribution is 5.57. The zero-order valence-corrected chi connectivity index (χ0v) is 11.5. The normalized spacial score (nSPS) is 10.0. The molecule has 9 nitrogen and oxygen atoms in total. The number of hydrogen-bond acceptors (Lipinski definition) is 8. The van der Waals surface area contributed by atoms with Gasteiger partial charge < -0.3 is 15.4 Å². The quantitative estimate of drug-likeness (QED) is 0.606. The fourth-order valence-electron chi connectivity index (χ4n) is 1.58. The average molecular weight is 290 g/mol. The van der Waals surface area contributed by atoms with Crippen molar-refractivity contribution in [3.63, 3.8) is 0 Å². The van der Waals surface area contributed by atoms with E-state index in [2.05, 4.69) is 25.6 Å². The van der Waals surface area contributed by atoms with Gasteiger partial charge in [-0.2, -0.15) is 4.98 Å². The number of pyridine rings is 1. The maximum Gasteiger partial charge on any atom is 0.329 e. The van der Waals surface area contributed by atoms with Crippen LogP contribution < -0.4 is 15.4 Å². The van der Waals surface area contributed by atoms with E-state index in [4.69, 9.17) is 4.74 Å². The molecule has 0 aliphatic rings. The third-order valence-electron chi connectivity index (χ3n) is 2.66. The summed E-state index contributed by atoms with van der Waals surface area (Å²) < 4.78 is 4.96. The summed E-state index contributed by atoms with van der Waals surface area (Å²) in [6.45, 7) is 0.345. The number of rotatable bonds is 6. The van der Waals surface area contributed by atoms with Gasteiger partial charge in [0.1, 0.15) is 6.20 Å². The fourth-order valence-corrected chi connectivity index (χ4v) is 1.58. The van der Waals surface area contributed by atoms with Crippen LogP contribution in [0.3, 0.4) is 0 Å². The second-order valence-corrected chi connectivity index (χ2v) is 4.00. The first-order valence-electron chi connectivity index (χ1n) is 6.06. The molecule has 0 spiro atoms. The Morgan fingerprint density at radius 2 is 2.14 bits per heavy atom. The molecule has 0 bridgehead atoms. The van der Waals surface area contributed by atoms with Gasteiger partial charge in [0.2, 0.25) is 17.6 Å². The lowest BCUT2D eigenvalue weighted by atomic mass is 10.3. The summed E-state index contributed by atoms with van der Waals surface area (Å²) in [4.78, 5) is 22.3. The van der Waals surface area contributed by atoms with E-state index in [1.54, 1.807) is 19.3 Å². The second kappa shape index (κ2) is 6.46. The van der Waals surface area contributed by atoms with Crippen LogP contribution in [0, 0.1) is 10.1 Å². The molecule has 0 aliphatic heterocycles. The third kappa shape index (κ3) is 3.53. The maximum absolute atomic E-state index is 11.0. The van der Waals surface area contributed by atoms with Gasteiger partial charge in [-0.1, -0.05) is 6.07 Å². The summed E-state index contributed by atoms with van der Waals surface area (Å²) in [5.74, 6) is 0.954. The van der Waals surface area contributed by atoms with Gasteiger partial charge in [0, 0.05) is 25.9 Å². The summed E-state index contributed by atoms with van der Waals surface area (Å²) in [6, 6.07) is 3.52. The lowest BCUT2D eigenvalue weighted by Gasteiger charge is -2.07. The molecule has 21 heavy (non-hydrogen) atoms. The summed E-state index contributed by atoms with van der Waals surface area (Å²) in [6.07, 6.45) is 2.78. The van der Waals surface area contributed by atoms with Crippen molar-refractivity contribution in [3.8, 4) is 5.88 Å². The van der Waals surface area contributed by atoms with Crippen LogP contribution >= 0.6 is 0 Å². The van der Waals surface area contributed by atoms with Crippen LogP contribution in [0.4, 0.5) is 17.5 Å². The van der Waals surface area contributed by atoms with Crippen molar-refractivity contribution in [2.75, 3.05) is 24.8 Å². The summed E-state index contributed by atoms with van der Waals surface area (Å²) in [5, 5.41) is 16.6. The first kappa shape index (κ1) is 14.4. The summed E-state index contributed by atoms with van der Waals surface area (Å²) in [7, 11) is 3.17. The van der Waals surface area contributed by atoms with E-state index < -0.39 is 4.92 Å². The molecular weight excluding hydrogens is 276 g/mol. The Balaban J connectivity index is 2.15. The number of nitrogens with one attached hydrogen (secondary N) is 2. The van der Waals surface area contributed by atoms with Crippen LogP contribution in [-0.4, -0.2) is 34.0 Å². The Kier molecular flexibility index (Phi) is 4.44. The maximum atomic E-state index is 11.0. The van der Waals surface area contributed by atoms with Crippen molar-refractivity contribution in [1.82, 2.24) is 15.0 Å². The number of methoxy groups -OCH3 is 1. The molecule has 110 valence electrons. The zero-order valence-electron chi connectivity index (χ0n) is 11.5. The van der Waals surface area contributed by atoms with Gasteiger partial charge in [-0.25, -0.2) is 9.97 Å². The molecule has 2 aromatic heterocycles. The van der Waals surface area contributed by atoms with Gasteiger partial charge in [0.05, 0.1) is 12.0 Å². The third-order valence-corrected chi connectivity index (χ3v) is 2.66. The Morgan fingerprint density at radius 3 is 2.71 bits per heavy atom. The van der Waals surface area contributed by atoms with E-state index in [1.165, 1.54) is 7.11 Å². The number of anilines is 2. The molecule has 0 fully saturated rings. The first-order valence-corrected chi connectivity index (χ1v) is 6.06. The van der Waals surface area contributed by atoms with Crippen molar-refractivity contribution >= 4 is 17.5 Å². The van der Waals surface area contributed by atoms with Crippen LogP contribution in [0.1, 0.15) is 5.56 Å². The number of hydrogen-bond donors (Lipinski definition) is 2.